The lowest BCUT2D eigenvalue weighted by molar-refractivity contribution is 0.418. The van der Waals surface area contributed by atoms with Crippen molar-refractivity contribution < 1.29 is 9.50 Å². The van der Waals surface area contributed by atoms with Crippen LogP contribution in [0.4, 0.5) is 4.39 Å². The van der Waals surface area contributed by atoms with Crippen molar-refractivity contribution in [3.63, 3.8) is 0 Å². The first kappa shape index (κ1) is 6.56. The number of pyridine rings is 1. The van der Waals surface area contributed by atoms with Crippen LogP contribution in [-0.2, 0) is 0 Å². The number of hydrogen-bond acceptors (Lipinski definition) is 2. The van der Waals surface area contributed by atoms with Crippen LogP contribution in [0.5, 0.6) is 5.75 Å². The second-order valence-electron chi connectivity index (χ2n) is 1.68. The Morgan fingerprint density at radius 1 is 1.70 bits per heavy atom. The SMILES string of the molecule is C#Cc1cnc(F)c(O)c1. The van der Waals surface area contributed by atoms with Gasteiger partial charge < -0.3 is 5.11 Å². The fourth-order valence-corrected chi connectivity index (χ4v) is 0.515. The molecular weight excluding hydrogens is 133 g/mol. The molecule has 0 unspecified atom stereocenters. The van der Waals surface area contributed by atoms with E-state index in [9.17, 15) is 4.39 Å². The highest BCUT2D eigenvalue weighted by molar-refractivity contribution is 5.34. The first-order valence-electron chi connectivity index (χ1n) is 2.55. The molecule has 0 aliphatic heterocycles. The van der Waals surface area contributed by atoms with Gasteiger partial charge in [0.25, 0.3) is 5.95 Å². The molecule has 0 fully saturated rings. The molecule has 0 saturated carbocycles. The number of hydrogen-bond donors (Lipinski definition) is 1. The maximum Gasteiger partial charge on any atom is 0.255 e. The van der Waals surface area contributed by atoms with Gasteiger partial charge in [-0.05, 0) is 0 Å². The number of nitrogens with zero attached hydrogens (tertiary/aromatic N) is 1. The zero-order valence-corrected chi connectivity index (χ0v) is 5.00. The minimum absolute atomic E-state index is 0.360. The van der Waals surface area contributed by atoms with Crippen LogP contribution in [0, 0.1) is 18.3 Å². The van der Waals surface area contributed by atoms with E-state index in [1.807, 2.05) is 0 Å². The molecule has 1 aromatic rings. The van der Waals surface area contributed by atoms with Crippen molar-refractivity contribution in [1.82, 2.24) is 4.98 Å². The predicted molar refractivity (Wildman–Crippen MR) is 33.8 cm³/mol. The number of aromatic hydroxyl groups is 1. The molecule has 50 valence electrons. The van der Waals surface area contributed by atoms with Crippen LogP contribution in [-0.4, -0.2) is 10.1 Å². The molecule has 0 aliphatic carbocycles. The van der Waals surface area contributed by atoms with E-state index < -0.39 is 11.7 Å². The third kappa shape index (κ3) is 1.06. The van der Waals surface area contributed by atoms with Gasteiger partial charge in [-0.2, -0.15) is 4.39 Å². The Morgan fingerprint density at radius 3 is 2.90 bits per heavy atom. The van der Waals surface area contributed by atoms with Gasteiger partial charge in [-0.15, -0.1) is 6.42 Å². The standard InChI is InChI=1S/C7H4FNO/c1-2-5-3-6(10)7(8)9-4-5/h1,3-4,10H. The Kier molecular flexibility index (Phi) is 1.55. The van der Waals surface area contributed by atoms with Gasteiger partial charge in [0, 0.05) is 17.8 Å². The lowest BCUT2D eigenvalue weighted by Crippen LogP contribution is -1.83. The van der Waals surface area contributed by atoms with Gasteiger partial charge in [0.05, 0.1) is 0 Å². The van der Waals surface area contributed by atoms with Crippen LogP contribution < -0.4 is 0 Å². The number of halogens is 1. The Bertz CT molecular complexity index is 290. The van der Waals surface area contributed by atoms with Gasteiger partial charge in [-0.3, -0.25) is 0 Å². The van der Waals surface area contributed by atoms with E-state index in [-0.39, 0.29) is 0 Å². The first-order chi connectivity index (χ1) is 4.74. The van der Waals surface area contributed by atoms with E-state index in [2.05, 4.69) is 10.9 Å². The van der Waals surface area contributed by atoms with Crippen molar-refractivity contribution in [3.8, 4) is 18.1 Å². The van der Waals surface area contributed by atoms with E-state index in [1.165, 1.54) is 6.20 Å². The van der Waals surface area contributed by atoms with Crippen molar-refractivity contribution in [2.45, 2.75) is 0 Å². The minimum Gasteiger partial charge on any atom is -0.504 e. The third-order valence-corrected chi connectivity index (χ3v) is 0.987. The van der Waals surface area contributed by atoms with Crippen molar-refractivity contribution in [1.29, 1.82) is 0 Å². The zero-order valence-electron chi connectivity index (χ0n) is 5.00. The van der Waals surface area contributed by atoms with Crippen LogP contribution in [0.1, 0.15) is 5.56 Å². The Hall–Kier alpha value is -1.56. The van der Waals surface area contributed by atoms with E-state index in [4.69, 9.17) is 11.5 Å². The maximum absolute atomic E-state index is 12.2. The third-order valence-electron chi connectivity index (χ3n) is 0.987. The molecule has 0 radical (unpaired) electrons. The zero-order chi connectivity index (χ0) is 7.56. The van der Waals surface area contributed by atoms with Gasteiger partial charge in [0.1, 0.15) is 0 Å². The Balaban J connectivity index is 3.20. The summed E-state index contributed by atoms with van der Waals surface area (Å²) in [7, 11) is 0. The normalized spacial score (nSPS) is 8.80. The van der Waals surface area contributed by atoms with E-state index >= 15 is 0 Å². The summed E-state index contributed by atoms with van der Waals surface area (Å²) in [5.74, 6) is 0.784. The summed E-state index contributed by atoms with van der Waals surface area (Å²) in [6.45, 7) is 0. The van der Waals surface area contributed by atoms with E-state index in [0.717, 1.165) is 6.07 Å². The number of rotatable bonds is 0. The average Bonchev–Trinajstić information content (AvgIpc) is 1.95. The quantitative estimate of drug-likeness (QED) is 0.426. The van der Waals surface area contributed by atoms with Crippen molar-refractivity contribution >= 4 is 0 Å². The fourth-order valence-electron chi connectivity index (χ4n) is 0.515. The van der Waals surface area contributed by atoms with Crippen LogP contribution in [0.3, 0.4) is 0 Å². The van der Waals surface area contributed by atoms with Gasteiger partial charge >= 0.3 is 0 Å². The molecule has 0 bridgehead atoms. The monoisotopic (exact) mass is 137 g/mol. The van der Waals surface area contributed by atoms with Gasteiger partial charge in [-0.1, -0.05) is 5.92 Å². The largest absolute Gasteiger partial charge is 0.504 e. The Morgan fingerprint density at radius 2 is 2.40 bits per heavy atom. The molecule has 1 aromatic heterocycles. The lowest BCUT2D eigenvalue weighted by Gasteiger charge is -1.92. The molecule has 1 rings (SSSR count). The predicted octanol–water partition coefficient (Wildman–Crippen LogP) is 0.908. The molecule has 1 heterocycles. The van der Waals surface area contributed by atoms with Crippen LogP contribution in [0.25, 0.3) is 0 Å². The molecular formula is C7H4FNO. The fraction of sp³-hybridized carbons (Fsp3) is 0. The summed E-state index contributed by atoms with van der Waals surface area (Å²) < 4.78 is 12.2. The van der Waals surface area contributed by atoms with Crippen LogP contribution in [0.2, 0.25) is 0 Å². The minimum atomic E-state index is -0.904. The smallest absolute Gasteiger partial charge is 0.255 e. The summed E-state index contributed by atoms with van der Waals surface area (Å²) in [5, 5.41) is 8.70. The summed E-state index contributed by atoms with van der Waals surface area (Å²) in [5.41, 5.74) is 0.360. The van der Waals surface area contributed by atoms with Crippen LogP contribution >= 0.6 is 0 Å². The van der Waals surface area contributed by atoms with E-state index in [0.29, 0.717) is 5.56 Å². The Labute approximate surface area is 57.3 Å². The molecule has 0 atom stereocenters. The molecule has 1 N–H and O–H groups in total. The number of terminal acetylenes is 1. The molecule has 0 spiro atoms. The lowest BCUT2D eigenvalue weighted by atomic mass is 10.3. The highest BCUT2D eigenvalue weighted by Crippen LogP contribution is 2.12. The molecule has 10 heavy (non-hydrogen) atoms. The summed E-state index contributed by atoms with van der Waals surface area (Å²) >= 11 is 0. The summed E-state index contributed by atoms with van der Waals surface area (Å²) in [6, 6.07) is 1.14. The van der Waals surface area contributed by atoms with Crippen molar-refractivity contribution in [2.75, 3.05) is 0 Å². The van der Waals surface area contributed by atoms with Crippen molar-refractivity contribution in [2.24, 2.45) is 0 Å². The second-order valence-corrected chi connectivity index (χ2v) is 1.68. The molecule has 0 saturated heterocycles. The average molecular weight is 137 g/mol. The van der Waals surface area contributed by atoms with Gasteiger partial charge in [0.2, 0.25) is 0 Å². The highest BCUT2D eigenvalue weighted by Gasteiger charge is 1.99. The number of aromatic nitrogens is 1. The second kappa shape index (κ2) is 2.36. The highest BCUT2D eigenvalue weighted by atomic mass is 19.1. The topological polar surface area (TPSA) is 33.1 Å². The molecule has 0 aromatic carbocycles. The summed E-state index contributed by atoms with van der Waals surface area (Å²) in [6.07, 6.45) is 6.12. The first-order valence-corrected chi connectivity index (χ1v) is 2.55. The van der Waals surface area contributed by atoms with Crippen molar-refractivity contribution in [3.05, 3.63) is 23.8 Å². The van der Waals surface area contributed by atoms with Gasteiger partial charge in [-0.25, -0.2) is 4.98 Å². The maximum atomic E-state index is 12.2. The summed E-state index contributed by atoms with van der Waals surface area (Å²) in [4.78, 5) is 3.19. The molecule has 2 nitrogen and oxygen atoms in total. The van der Waals surface area contributed by atoms with E-state index in [1.54, 1.807) is 0 Å². The molecule has 0 amide bonds. The van der Waals surface area contributed by atoms with Crippen LogP contribution in [0.15, 0.2) is 12.3 Å². The molecule has 3 heteroatoms. The van der Waals surface area contributed by atoms with Gasteiger partial charge in [0.15, 0.2) is 5.75 Å². The molecule has 0 aliphatic rings.